The highest BCUT2D eigenvalue weighted by molar-refractivity contribution is 7.09. The fourth-order valence-electron chi connectivity index (χ4n) is 1.74. The van der Waals surface area contributed by atoms with E-state index in [0.717, 1.165) is 31.9 Å². The molecule has 2 aromatic heterocycles. The monoisotopic (exact) mass is 261 g/mol. The summed E-state index contributed by atoms with van der Waals surface area (Å²) < 4.78 is 0. The summed E-state index contributed by atoms with van der Waals surface area (Å²) in [5, 5.41) is 5.54. The van der Waals surface area contributed by atoms with Crippen molar-refractivity contribution in [2.45, 2.75) is 13.1 Å². The molecule has 0 radical (unpaired) electrons. The lowest BCUT2D eigenvalue weighted by molar-refractivity contribution is 0.326. The van der Waals surface area contributed by atoms with Crippen molar-refractivity contribution in [2.24, 2.45) is 0 Å². The number of nitrogens with zero attached hydrogens (tertiary/aromatic N) is 2. The first-order valence-electron chi connectivity index (χ1n) is 6.16. The van der Waals surface area contributed by atoms with Crippen LogP contribution < -0.4 is 5.32 Å². The normalized spacial score (nSPS) is 11.0. The molecule has 2 heterocycles. The van der Waals surface area contributed by atoms with Gasteiger partial charge in [-0.1, -0.05) is 12.1 Å². The average molecular weight is 261 g/mol. The van der Waals surface area contributed by atoms with Gasteiger partial charge < -0.3 is 10.2 Å². The molecule has 0 saturated carbocycles. The van der Waals surface area contributed by atoms with Crippen LogP contribution in [0.25, 0.3) is 0 Å². The van der Waals surface area contributed by atoms with Gasteiger partial charge in [-0.3, -0.25) is 4.98 Å². The van der Waals surface area contributed by atoms with Crippen molar-refractivity contribution in [1.82, 2.24) is 15.2 Å². The summed E-state index contributed by atoms with van der Waals surface area (Å²) in [5.41, 5.74) is 1.10. The lowest BCUT2D eigenvalue weighted by atomic mass is 10.3. The molecule has 0 amide bonds. The molecule has 0 bridgehead atoms. The van der Waals surface area contributed by atoms with Crippen LogP contribution in [0.1, 0.15) is 10.6 Å². The van der Waals surface area contributed by atoms with E-state index in [1.165, 1.54) is 4.88 Å². The predicted octanol–water partition coefficient (Wildman–Crippen LogP) is 2.36. The highest BCUT2D eigenvalue weighted by atomic mass is 32.1. The number of rotatable bonds is 7. The van der Waals surface area contributed by atoms with Gasteiger partial charge in [0.25, 0.3) is 0 Å². The Morgan fingerprint density at radius 3 is 2.94 bits per heavy atom. The number of nitrogens with one attached hydrogen (secondary N) is 1. The molecule has 0 saturated heterocycles. The van der Waals surface area contributed by atoms with Crippen LogP contribution in [0.4, 0.5) is 0 Å². The molecule has 0 aromatic carbocycles. The van der Waals surface area contributed by atoms with Crippen molar-refractivity contribution >= 4 is 11.3 Å². The van der Waals surface area contributed by atoms with Crippen molar-refractivity contribution in [2.75, 3.05) is 20.1 Å². The third kappa shape index (κ3) is 4.56. The van der Waals surface area contributed by atoms with Gasteiger partial charge in [0.05, 0.1) is 5.69 Å². The van der Waals surface area contributed by atoms with Gasteiger partial charge in [0.15, 0.2) is 0 Å². The van der Waals surface area contributed by atoms with Crippen LogP contribution >= 0.6 is 11.3 Å². The van der Waals surface area contributed by atoms with E-state index in [9.17, 15) is 0 Å². The highest BCUT2D eigenvalue weighted by Gasteiger charge is 2.00. The number of likely N-dealkylation sites (N-methyl/N-ethyl adjacent to an activating group) is 1. The topological polar surface area (TPSA) is 28.2 Å². The van der Waals surface area contributed by atoms with Crippen LogP contribution in [-0.4, -0.2) is 30.0 Å². The van der Waals surface area contributed by atoms with Crippen LogP contribution in [0.15, 0.2) is 41.9 Å². The Bertz CT molecular complexity index is 428. The molecule has 1 N–H and O–H groups in total. The highest BCUT2D eigenvalue weighted by Crippen LogP contribution is 2.10. The summed E-state index contributed by atoms with van der Waals surface area (Å²) in [7, 11) is 2.15. The second kappa shape index (κ2) is 7.26. The summed E-state index contributed by atoms with van der Waals surface area (Å²) in [6, 6.07) is 10.3. The van der Waals surface area contributed by atoms with E-state index in [0.29, 0.717) is 0 Å². The lowest BCUT2D eigenvalue weighted by Gasteiger charge is -2.15. The fourth-order valence-corrected chi connectivity index (χ4v) is 2.52. The van der Waals surface area contributed by atoms with E-state index in [-0.39, 0.29) is 0 Å². The molecular formula is C14H19N3S. The van der Waals surface area contributed by atoms with Crippen molar-refractivity contribution in [3.63, 3.8) is 0 Å². The van der Waals surface area contributed by atoms with E-state index in [2.05, 4.69) is 39.8 Å². The van der Waals surface area contributed by atoms with Crippen molar-refractivity contribution < 1.29 is 0 Å². The predicted molar refractivity (Wildman–Crippen MR) is 76.6 cm³/mol. The average Bonchev–Trinajstić information content (AvgIpc) is 2.89. The molecule has 0 aliphatic rings. The number of hydrogen-bond acceptors (Lipinski definition) is 4. The lowest BCUT2D eigenvalue weighted by Crippen LogP contribution is -2.28. The maximum atomic E-state index is 4.28. The number of hydrogen-bond donors (Lipinski definition) is 1. The van der Waals surface area contributed by atoms with Crippen molar-refractivity contribution in [3.05, 3.63) is 52.5 Å². The Kier molecular flexibility index (Phi) is 5.33. The summed E-state index contributed by atoms with van der Waals surface area (Å²) in [6.07, 6.45) is 1.83. The molecule has 18 heavy (non-hydrogen) atoms. The van der Waals surface area contributed by atoms with E-state index in [1.807, 2.05) is 35.7 Å². The molecule has 96 valence electrons. The van der Waals surface area contributed by atoms with Gasteiger partial charge in [0.1, 0.15) is 0 Å². The Hall–Kier alpha value is -1.23. The van der Waals surface area contributed by atoms with Gasteiger partial charge in [0, 0.05) is 37.3 Å². The maximum Gasteiger partial charge on any atom is 0.0541 e. The SMILES string of the molecule is CN(CCNCc1ccccn1)Cc1cccs1. The van der Waals surface area contributed by atoms with E-state index < -0.39 is 0 Å². The molecular weight excluding hydrogens is 242 g/mol. The molecule has 0 atom stereocenters. The minimum Gasteiger partial charge on any atom is -0.310 e. The standard InChI is InChI=1S/C14H19N3S/c1-17(12-14-6-4-10-18-14)9-8-15-11-13-5-2-3-7-16-13/h2-7,10,15H,8-9,11-12H2,1H3. The molecule has 2 aromatic rings. The van der Waals surface area contributed by atoms with Gasteiger partial charge in [-0.25, -0.2) is 0 Å². The molecule has 4 heteroatoms. The van der Waals surface area contributed by atoms with Crippen LogP contribution in [0.2, 0.25) is 0 Å². The van der Waals surface area contributed by atoms with Crippen LogP contribution in [-0.2, 0) is 13.1 Å². The van der Waals surface area contributed by atoms with Gasteiger partial charge in [-0.05, 0) is 30.6 Å². The molecule has 0 aliphatic carbocycles. The van der Waals surface area contributed by atoms with Gasteiger partial charge in [-0.15, -0.1) is 11.3 Å². The Morgan fingerprint density at radius 1 is 1.28 bits per heavy atom. The van der Waals surface area contributed by atoms with Crippen molar-refractivity contribution in [3.8, 4) is 0 Å². The Morgan fingerprint density at radius 2 is 2.22 bits per heavy atom. The second-order valence-electron chi connectivity index (χ2n) is 4.31. The summed E-state index contributed by atoms with van der Waals surface area (Å²) in [5.74, 6) is 0. The largest absolute Gasteiger partial charge is 0.310 e. The number of thiophene rings is 1. The molecule has 3 nitrogen and oxygen atoms in total. The molecule has 0 spiro atoms. The first-order valence-corrected chi connectivity index (χ1v) is 7.04. The zero-order valence-corrected chi connectivity index (χ0v) is 11.5. The third-order valence-electron chi connectivity index (χ3n) is 2.71. The van der Waals surface area contributed by atoms with E-state index in [1.54, 1.807) is 0 Å². The van der Waals surface area contributed by atoms with Gasteiger partial charge >= 0.3 is 0 Å². The van der Waals surface area contributed by atoms with Gasteiger partial charge in [0.2, 0.25) is 0 Å². The number of pyridine rings is 1. The molecule has 0 unspecified atom stereocenters. The summed E-state index contributed by atoms with van der Waals surface area (Å²) >= 11 is 1.82. The van der Waals surface area contributed by atoms with Crippen LogP contribution in [0.3, 0.4) is 0 Å². The summed E-state index contributed by atoms with van der Waals surface area (Å²) in [6.45, 7) is 3.90. The smallest absolute Gasteiger partial charge is 0.0541 e. The molecule has 0 fully saturated rings. The zero-order valence-electron chi connectivity index (χ0n) is 10.7. The summed E-state index contributed by atoms with van der Waals surface area (Å²) in [4.78, 5) is 8.03. The second-order valence-corrected chi connectivity index (χ2v) is 5.35. The molecule has 0 aliphatic heterocycles. The zero-order chi connectivity index (χ0) is 12.6. The van der Waals surface area contributed by atoms with Crippen LogP contribution in [0.5, 0.6) is 0 Å². The Balaban J connectivity index is 1.60. The minimum absolute atomic E-state index is 0.841. The third-order valence-corrected chi connectivity index (χ3v) is 3.57. The first-order chi connectivity index (χ1) is 8.84. The van der Waals surface area contributed by atoms with E-state index in [4.69, 9.17) is 0 Å². The Labute approximate surface area is 112 Å². The van der Waals surface area contributed by atoms with Crippen molar-refractivity contribution in [1.29, 1.82) is 0 Å². The molecule has 2 rings (SSSR count). The van der Waals surface area contributed by atoms with Crippen LogP contribution in [0, 0.1) is 0 Å². The van der Waals surface area contributed by atoms with E-state index >= 15 is 0 Å². The van der Waals surface area contributed by atoms with Gasteiger partial charge in [-0.2, -0.15) is 0 Å². The first kappa shape index (κ1) is 13.2. The number of aromatic nitrogens is 1. The fraction of sp³-hybridized carbons (Fsp3) is 0.357. The maximum absolute atomic E-state index is 4.28. The minimum atomic E-state index is 0.841. The quantitative estimate of drug-likeness (QED) is 0.776.